The topological polar surface area (TPSA) is 380 Å². The number of phosphoric acid groups is 1. The third-order valence-corrected chi connectivity index (χ3v) is 23.1. The van der Waals surface area contributed by atoms with Gasteiger partial charge in [-0.2, -0.15) is 0 Å². The number of hydrogen-bond donors (Lipinski definition) is 10. The maximum absolute atomic E-state index is 14.9. The standard InChI is InChI=1S/C89H161O25P/c1-5-9-13-17-21-25-29-33-35-39-42-45-49-53-57-61-72(91)105-66-69(108-74(93)63-59-55-51-47-43-38-32-28-24-20-16-12-8-4)67-107-115(103,104)114-87-85(112-88-82(101)78(97)76(95)70(65-90)109-88)81(100)80(99)84(111-75(94)64-60-56-52-48-44-40-36-34-30-26-22-18-14-10-6-2)86(87)113-89-83(102)79(98)77(96)71(110-89)68-106-73(92)62-58-54-50-46-41-37-31-27-23-19-15-11-7-3/h25-26,29-30,38,43,69-71,76-90,95-102H,5-24,27-28,31-37,39-42,44-68H2,1-4H3,(H,103,104)/b29-25-,30-26-,43-38-. The van der Waals surface area contributed by atoms with E-state index in [0.29, 0.717) is 38.5 Å². The van der Waals surface area contributed by atoms with Gasteiger partial charge < -0.3 is 88.7 Å². The number of ether oxygens (including phenoxy) is 8. The molecule has 18 unspecified atom stereocenters. The molecule has 26 heteroatoms. The van der Waals surface area contributed by atoms with Gasteiger partial charge in [-0.3, -0.25) is 28.2 Å². The molecule has 0 aromatic heterocycles. The van der Waals surface area contributed by atoms with Crippen LogP contribution in [0.15, 0.2) is 36.5 Å². The number of carbonyl (C=O) groups is 4. The molecule has 2 saturated heterocycles. The molecule has 2 aliphatic heterocycles. The minimum Gasteiger partial charge on any atom is -0.463 e. The van der Waals surface area contributed by atoms with E-state index in [1.165, 1.54) is 128 Å². The summed E-state index contributed by atoms with van der Waals surface area (Å²) in [6, 6.07) is 0. The lowest BCUT2D eigenvalue weighted by atomic mass is 9.84. The molecule has 2 heterocycles. The second kappa shape index (κ2) is 68.3. The first-order valence-electron chi connectivity index (χ1n) is 45.7. The van der Waals surface area contributed by atoms with Gasteiger partial charge in [0.05, 0.1) is 13.2 Å². The summed E-state index contributed by atoms with van der Waals surface area (Å²) in [6.45, 7) is 5.52. The van der Waals surface area contributed by atoms with E-state index in [2.05, 4.69) is 64.2 Å². The first-order chi connectivity index (χ1) is 55.7. The van der Waals surface area contributed by atoms with Crippen molar-refractivity contribution >= 4 is 31.7 Å². The maximum atomic E-state index is 14.9. The highest BCUT2D eigenvalue weighted by molar-refractivity contribution is 7.47. The SMILES string of the molecule is CCCCCC/C=C\CCCCCCCCCC(=O)OCC(COP(=O)(O)OC1C(OC2OC(CO)C(O)C(O)C2O)C(O)C(O)C(OC(=O)CCCCCCCCC/C=C\CCCCCC)C1OC1OC(COC(=O)CCCCCCCCCCCCCCC)C(O)C(O)C1O)OC(=O)CCCCC/C=C\CCCCCCCC. The van der Waals surface area contributed by atoms with E-state index in [1.807, 2.05) is 0 Å². The monoisotopic (exact) mass is 1660 g/mol. The van der Waals surface area contributed by atoms with Gasteiger partial charge in [-0.05, 0) is 103 Å². The van der Waals surface area contributed by atoms with Crippen LogP contribution in [-0.4, -0.2) is 205 Å². The second-order valence-electron chi connectivity index (χ2n) is 32.4. The lowest BCUT2D eigenvalue weighted by Gasteiger charge is -2.50. The maximum Gasteiger partial charge on any atom is 0.472 e. The van der Waals surface area contributed by atoms with E-state index in [4.69, 9.17) is 46.9 Å². The van der Waals surface area contributed by atoms with E-state index >= 15 is 0 Å². The largest absolute Gasteiger partial charge is 0.472 e. The first-order valence-corrected chi connectivity index (χ1v) is 47.2. The molecular weight excluding hydrogens is 1500 g/mol. The van der Waals surface area contributed by atoms with Gasteiger partial charge in [0.25, 0.3) is 0 Å². The zero-order valence-electron chi connectivity index (χ0n) is 71.3. The Bertz CT molecular complexity index is 2540. The molecule has 10 N–H and O–H groups in total. The van der Waals surface area contributed by atoms with Crippen molar-refractivity contribution in [1.29, 1.82) is 0 Å². The van der Waals surface area contributed by atoms with Crippen molar-refractivity contribution in [3.8, 4) is 0 Å². The molecule has 0 amide bonds. The van der Waals surface area contributed by atoms with E-state index in [0.717, 1.165) is 154 Å². The van der Waals surface area contributed by atoms with Gasteiger partial charge in [0, 0.05) is 25.7 Å². The number of allylic oxidation sites excluding steroid dienone is 6. The summed E-state index contributed by atoms with van der Waals surface area (Å²) in [7, 11) is -5.81. The zero-order chi connectivity index (χ0) is 84.0. The van der Waals surface area contributed by atoms with Gasteiger partial charge in [0.1, 0.15) is 92.6 Å². The zero-order valence-corrected chi connectivity index (χ0v) is 72.2. The van der Waals surface area contributed by atoms with E-state index in [-0.39, 0.29) is 25.7 Å². The fourth-order valence-corrected chi connectivity index (χ4v) is 15.7. The number of aliphatic hydroxyl groups excluding tert-OH is 9. The van der Waals surface area contributed by atoms with Gasteiger partial charge in [-0.15, -0.1) is 0 Å². The number of carbonyl (C=O) groups excluding carboxylic acids is 4. The molecule has 0 radical (unpaired) electrons. The van der Waals surface area contributed by atoms with Crippen LogP contribution >= 0.6 is 7.82 Å². The van der Waals surface area contributed by atoms with Crippen molar-refractivity contribution in [3.05, 3.63) is 36.5 Å². The minimum absolute atomic E-state index is 0.0148. The second-order valence-corrected chi connectivity index (χ2v) is 33.9. The van der Waals surface area contributed by atoms with Crippen LogP contribution in [-0.2, 0) is 70.7 Å². The van der Waals surface area contributed by atoms with Crippen LogP contribution in [0.4, 0.5) is 0 Å². The lowest BCUT2D eigenvalue weighted by Crippen LogP contribution is -2.70. The molecule has 25 nitrogen and oxygen atoms in total. The van der Waals surface area contributed by atoms with Gasteiger partial charge in [-0.25, -0.2) is 4.57 Å². The number of aliphatic hydroxyl groups is 9. The van der Waals surface area contributed by atoms with Crippen molar-refractivity contribution in [3.63, 3.8) is 0 Å². The summed E-state index contributed by atoms with van der Waals surface area (Å²) >= 11 is 0. The fourth-order valence-electron chi connectivity index (χ4n) is 14.8. The molecule has 0 aromatic carbocycles. The van der Waals surface area contributed by atoms with Crippen LogP contribution in [0.3, 0.4) is 0 Å². The summed E-state index contributed by atoms with van der Waals surface area (Å²) in [5.41, 5.74) is 0. The van der Waals surface area contributed by atoms with Gasteiger partial charge in [0.15, 0.2) is 24.8 Å². The average molecular weight is 1660 g/mol. The van der Waals surface area contributed by atoms with Gasteiger partial charge in [-0.1, -0.05) is 282 Å². The van der Waals surface area contributed by atoms with E-state index in [9.17, 15) is 74.6 Å². The summed E-state index contributed by atoms with van der Waals surface area (Å²) < 4.78 is 73.3. The van der Waals surface area contributed by atoms with E-state index in [1.54, 1.807) is 0 Å². The molecule has 3 aliphatic rings. The Balaban J connectivity index is 1.93. The van der Waals surface area contributed by atoms with Crippen LogP contribution in [0.2, 0.25) is 0 Å². The normalized spacial score (nSPS) is 25.4. The molecule has 0 aromatic rings. The van der Waals surface area contributed by atoms with Crippen molar-refractivity contribution in [1.82, 2.24) is 0 Å². The number of rotatable bonds is 73. The Morgan fingerprint density at radius 2 is 0.652 bits per heavy atom. The van der Waals surface area contributed by atoms with Crippen LogP contribution in [0.5, 0.6) is 0 Å². The minimum atomic E-state index is -5.81. The smallest absolute Gasteiger partial charge is 0.463 e. The number of esters is 4. The molecular formula is C89H161O25P. The summed E-state index contributed by atoms with van der Waals surface area (Å²) in [6.07, 6.45) is 28.7. The molecule has 3 rings (SSSR count). The molecule has 1 saturated carbocycles. The van der Waals surface area contributed by atoms with Crippen LogP contribution < -0.4 is 0 Å². The van der Waals surface area contributed by atoms with Gasteiger partial charge in [0.2, 0.25) is 0 Å². The van der Waals surface area contributed by atoms with Crippen molar-refractivity contribution in [2.24, 2.45) is 0 Å². The predicted molar refractivity (Wildman–Crippen MR) is 444 cm³/mol. The molecule has 115 heavy (non-hydrogen) atoms. The molecule has 0 spiro atoms. The Labute approximate surface area is 691 Å². The van der Waals surface area contributed by atoms with Crippen molar-refractivity contribution < 1.29 is 122 Å². The molecule has 1 aliphatic carbocycles. The molecule has 3 fully saturated rings. The third-order valence-electron chi connectivity index (χ3n) is 22.1. The van der Waals surface area contributed by atoms with Crippen molar-refractivity contribution in [2.75, 3.05) is 26.4 Å². The Hall–Kier alpha value is -3.31. The number of unbranched alkanes of at least 4 members (excludes halogenated alkanes) is 43. The van der Waals surface area contributed by atoms with Crippen LogP contribution in [0.1, 0.15) is 374 Å². The number of phosphoric ester groups is 1. The van der Waals surface area contributed by atoms with Crippen LogP contribution in [0.25, 0.3) is 0 Å². The Morgan fingerprint density at radius 3 is 1.05 bits per heavy atom. The highest BCUT2D eigenvalue weighted by Crippen LogP contribution is 2.49. The Kier molecular flexibility index (Phi) is 62.8. The fraction of sp³-hybridized carbons (Fsp3) is 0.888. The van der Waals surface area contributed by atoms with Crippen LogP contribution in [0, 0.1) is 0 Å². The molecule has 18 atom stereocenters. The summed E-state index contributed by atoms with van der Waals surface area (Å²) in [5.74, 6) is -3.00. The van der Waals surface area contributed by atoms with E-state index < -0.39 is 162 Å². The lowest BCUT2D eigenvalue weighted by molar-refractivity contribution is -0.360. The summed E-state index contributed by atoms with van der Waals surface area (Å²) in [4.78, 5) is 66.3. The molecule has 672 valence electrons. The third kappa shape index (κ3) is 48.8. The summed E-state index contributed by atoms with van der Waals surface area (Å²) in [5, 5.41) is 102. The number of hydrogen-bond acceptors (Lipinski definition) is 24. The average Bonchev–Trinajstić information content (AvgIpc) is 0.755. The predicted octanol–water partition coefficient (Wildman–Crippen LogP) is 16.3. The van der Waals surface area contributed by atoms with Gasteiger partial charge >= 0.3 is 31.7 Å². The quantitative estimate of drug-likeness (QED) is 0.00889. The Morgan fingerprint density at radius 1 is 0.339 bits per heavy atom. The first kappa shape index (κ1) is 106. The highest BCUT2D eigenvalue weighted by atomic mass is 31.2. The van der Waals surface area contributed by atoms with Crippen molar-refractivity contribution in [2.45, 2.75) is 479 Å². The molecule has 0 bridgehead atoms. The highest BCUT2D eigenvalue weighted by Gasteiger charge is 2.60.